The van der Waals surface area contributed by atoms with E-state index in [2.05, 4.69) is 5.32 Å². The normalized spacial score (nSPS) is 22.3. The molecule has 1 unspecified atom stereocenters. The van der Waals surface area contributed by atoms with E-state index < -0.39 is 11.9 Å². The van der Waals surface area contributed by atoms with E-state index in [-0.39, 0.29) is 12.5 Å². The Balaban J connectivity index is 2.56. The molecule has 6 nitrogen and oxygen atoms in total. The molecule has 1 fully saturated rings. The zero-order valence-electron chi connectivity index (χ0n) is 8.86. The molecule has 1 atom stereocenters. The smallest absolute Gasteiger partial charge is 0.324 e. The molecular weight excluding hydrogens is 198 g/mol. The second-order valence-electron chi connectivity index (χ2n) is 3.41. The van der Waals surface area contributed by atoms with Crippen molar-refractivity contribution in [1.29, 1.82) is 0 Å². The largest absolute Gasteiger partial charge is 0.465 e. The zero-order chi connectivity index (χ0) is 11.3. The van der Waals surface area contributed by atoms with Crippen molar-refractivity contribution < 1.29 is 14.3 Å². The number of hydrogen-bond acceptors (Lipinski definition) is 5. The third-order valence-electron chi connectivity index (χ3n) is 2.27. The summed E-state index contributed by atoms with van der Waals surface area (Å²) in [4.78, 5) is 24.1. The minimum absolute atomic E-state index is 0.102. The predicted octanol–water partition coefficient (Wildman–Crippen LogP) is -1.69. The van der Waals surface area contributed by atoms with Crippen LogP contribution in [0, 0.1) is 0 Å². The number of carbonyl (C=O) groups excluding carboxylic acids is 2. The molecule has 0 radical (unpaired) electrons. The molecule has 0 bridgehead atoms. The van der Waals surface area contributed by atoms with Crippen LogP contribution in [0.3, 0.4) is 0 Å². The molecule has 1 amide bonds. The highest BCUT2D eigenvalue weighted by atomic mass is 16.5. The molecule has 1 aliphatic heterocycles. The molecule has 1 rings (SSSR count). The molecule has 15 heavy (non-hydrogen) atoms. The maximum Gasteiger partial charge on any atom is 0.324 e. The van der Waals surface area contributed by atoms with Crippen LogP contribution in [0.4, 0.5) is 0 Å². The number of nitrogens with zero attached hydrogens (tertiary/aromatic N) is 1. The van der Waals surface area contributed by atoms with Gasteiger partial charge in [0.05, 0.1) is 13.2 Å². The SMILES string of the molecule is CCOC(=O)C1CNCCN1CC(N)=O. The predicted molar refractivity (Wildman–Crippen MR) is 54.1 cm³/mol. The number of piperazine rings is 1. The van der Waals surface area contributed by atoms with E-state index in [1.807, 2.05) is 0 Å². The Labute approximate surface area is 88.7 Å². The first-order valence-electron chi connectivity index (χ1n) is 5.05. The lowest BCUT2D eigenvalue weighted by atomic mass is 10.2. The van der Waals surface area contributed by atoms with E-state index in [1.54, 1.807) is 11.8 Å². The summed E-state index contributed by atoms with van der Waals surface area (Å²) in [6.07, 6.45) is 0. The molecule has 1 saturated heterocycles. The van der Waals surface area contributed by atoms with Crippen LogP contribution in [0.5, 0.6) is 0 Å². The quantitative estimate of drug-likeness (QED) is 0.546. The molecule has 1 aliphatic rings. The van der Waals surface area contributed by atoms with E-state index >= 15 is 0 Å². The van der Waals surface area contributed by atoms with E-state index in [0.717, 1.165) is 6.54 Å². The summed E-state index contributed by atoms with van der Waals surface area (Å²) in [6.45, 7) is 4.10. The lowest BCUT2D eigenvalue weighted by Gasteiger charge is -2.33. The highest BCUT2D eigenvalue weighted by Crippen LogP contribution is 2.04. The minimum atomic E-state index is -0.425. The van der Waals surface area contributed by atoms with Gasteiger partial charge in [0.1, 0.15) is 6.04 Å². The molecule has 0 aromatic heterocycles. The molecule has 0 aromatic carbocycles. The third-order valence-corrected chi connectivity index (χ3v) is 2.27. The van der Waals surface area contributed by atoms with Crippen molar-refractivity contribution in [2.75, 3.05) is 32.8 Å². The number of primary amides is 1. The standard InChI is InChI=1S/C9H17N3O3/c1-2-15-9(14)7-5-11-3-4-12(7)6-8(10)13/h7,11H,2-6H2,1H3,(H2,10,13). The second kappa shape index (κ2) is 5.67. The van der Waals surface area contributed by atoms with Crippen molar-refractivity contribution in [2.45, 2.75) is 13.0 Å². The molecule has 0 aromatic rings. The van der Waals surface area contributed by atoms with Crippen LogP contribution in [0.25, 0.3) is 0 Å². The van der Waals surface area contributed by atoms with Crippen LogP contribution in [0.15, 0.2) is 0 Å². The van der Waals surface area contributed by atoms with Gasteiger partial charge in [0, 0.05) is 19.6 Å². The van der Waals surface area contributed by atoms with E-state index in [1.165, 1.54) is 0 Å². The Morgan fingerprint density at radius 3 is 2.93 bits per heavy atom. The van der Waals surface area contributed by atoms with Crippen molar-refractivity contribution in [3.05, 3.63) is 0 Å². The van der Waals surface area contributed by atoms with Crippen molar-refractivity contribution >= 4 is 11.9 Å². The Morgan fingerprint density at radius 1 is 1.60 bits per heavy atom. The van der Waals surface area contributed by atoms with E-state index in [4.69, 9.17) is 10.5 Å². The molecule has 86 valence electrons. The van der Waals surface area contributed by atoms with Crippen LogP contribution in [-0.4, -0.2) is 55.6 Å². The van der Waals surface area contributed by atoms with E-state index in [9.17, 15) is 9.59 Å². The minimum Gasteiger partial charge on any atom is -0.465 e. The highest BCUT2D eigenvalue weighted by molar-refractivity contribution is 5.79. The fourth-order valence-electron chi connectivity index (χ4n) is 1.61. The fraction of sp³-hybridized carbons (Fsp3) is 0.778. The number of hydrogen-bond donors (Lipinski definition) is 2. The average Bonchev–Trinajstić information content (AvgIpc) is 2.18. The molecule has 6 heteroatoms. The van der Waals surface area contributed by atoms with Gasteiger partial charge in [-0.05, 0) is 6.92 Å². The topological polar surface area (TPSA) is 84.7 Å². The zero-order valence-corrected chi connectivity index (χ0v) is 8.86. The van der Waals surface area contributed by atoms with Crippen molar-refractivity contribution in [2.24, 2.45) is 5.73 Å². The molecular formula is C9H17N3O3. The van der Waals surface area contributed by atoms with Crippen LogP contribution in [0.1, 0.15) is 6.92 Å². The number of amides is 1. The van der Waals surface area contributed by atoms with Crippen LogP contribution >= 0.6 is 0 Å². The Bertz CT molecular complexity index is 245. The van der Waals surface area contributed by atoms with Gasteiger partial charge in [-0.3, -0.25) is 14.5 Å². The van der Waals surface area contributed by atoms with Crippen LogP contribution in [0.2, 0.25) is 0 Å². The van der Waals surface area contributed by atoms with Gasteiger partial charge in [-0.1, -0.05) is 0 Å². The maximum atomic E-state index is 11.5. The number of carbonyl (C=O) groups is 2. The Kier molecular flexibility index (Phi) is 4.51. The Morgan fingerprint density at radius 2 is 2.33 bits per heavy atom. The molecule has 1 heterocycles. The molecule has 0 spiro atoms. The first kappa shape index (κ1) is 11.9. The van der Waals surface area contributed by atoms with Gasteiger partial charge in [-0.15, -0.1) is 0 Å². The summed E-state index contributed by atoms with van der Waals surface area (Å²) in [5, 5.41) is 3.08. The van der Waals surface area contributed by atoms with Crippen LogP contribution < -0.4 is 11.1 Å². The Hall–Kier alpha value is -1.14. The molecule has 3 N–H and O–H groups in total. The number of rotatable bonds is 4. The maximum absolute atomic E-state index is 11.5. The number of ether oxygens (including phenoxy) is 1. The van der Waals surface area contributed by atoms with Gasteiger partial charge in [-0.2, -0.15) is 0 Å². The molecule has 0 saturated carbocycles. The average molecular weight is 215 g/mol. The second-order valence-corrected chi connectivity index (χ2v) is 3.41. The number of nitrogens with one attached hydrogen (secondary N) is 1. The van der Waals surface area contributed by atoms with Crippen molar-refractivity contribution in [1.82, 2.24) is 10.2 Å². The fourth-order valence-corrected chi connectivity index (χ4v) is 1.61. The van der Waals surface area contributed by atoms with Gasteiger partial charge in [0.25, 0.3) is 0 Å². The molecule has 0 aliphatic carbocycles. The van der Waals surface area contributed by atoms with Crippen LogP contribution in [-0.2, 0) is 14.3 Å². The summed E-state index contributed by atoms with van der Waals surface area (Å²) in [5.74, 6) is -0.725. The van der Waals surface area contributed by atoms with Gasteiger partial charge in [0.15, 0.2) is 0 Å². The number of nitrogens with two attached hydrogens (primary N) is 1. The van der Waals surface area contributed by atoms with Gasteiger partial charge in [0.2, 0.25) is 5.91 Å². The lowest BCUT2D eigenvalue weighted by Crippen LogP contribution is -2.57. The summed E-state index contributed by atoms with van der Waals surface area (Å²) >= 11 is 0. The third kappa shape index (κ3) is 3.49. The lowest BCUT2D eigenvalue weighted by molar-refractivity contribution is -0.150. The van der Waals surface area contributed by atoms with Gasteiger partial charge in [-0.25, -0.2) is 0 Å². The van der Waals surface area contributed by atoms with Gasteiger partial charge >= 0.3 is 5.97 Å². The van der Waals surface area contributed by atoms with Crippen molar-refractivity contribution in [3.63, 3.8) is 0 Å². The summed E-state index contributed by atoms with van der Waals surface area (Å²) in [5.41, 5.74) is 5.11. The summed E-state index contributed by atoms with van der Waals surface area (Å²) in [7, 11) is 0. The monoisotopic (exact) mass is 215 g/mol. The van der Waals surface area contributed by atoms with Gasteiger partial charge < -0.3 is 15.8 Å². The van der Waals surface area contributed by atoms with E-state index in [0.29, 0.717) is 19.7 Å². The summed E-state index contributed by atoms with van der Waals surface area (Å²) < 4.78 is 4.92. The first-order chi connectivity index (χ1) is 7.15. The first-order valence-corrected chi connectivity index (χ1v) is 5.05. The summed E-state index contributed by atoms with van der Waals surface area (Å²) in [6, 6.07) is -0.397. The van der Waals surface area contributed by atoms with Crippen molar-refractivity contribution in [3.8, 4) is 0 Å². The highest BCUT2D eigenvalue weighted by Gasteiger charge is 2.30. The number of esters is 1.